The highest BCUT2D eigenvalue weighted by Gasteiger charge is 2.26. The molecule has 0 unspecified atom stereocenters. The van der Waals surface area contributed by atoms with E-state index in [1.165, 1.54) is 42.4 Å². The summed E-state index contributed by atoms with van der Waals surface area (Å²) < 4.78 is 0. The van der Waals surface area contributed by atoms with Crippen molar-refractivity contribution in [3.05, 3.63) is 60.3 Å². The van der Waals surface area contributed by atoms with Crippen molar-refractivity contribution in [3.63, 3.8) is 0 Å². The van der Waals surface area contributed by atoms with E-state index in [0.717, 1.165) is 17.8 Å². The molecule has 0 aliphatic heterocycles. The van der Waals surface area contributed by atoms with Gasteiger partial charge in [-0.3, -0.25) is 0 Å². The number of aromatic amines is 1. The van der Waals surface area contributed by atoms with E-state index in [0.29, 0.717) is 11.5 Å². The van der Waals surface area contributed by atoms with Crippen LogP contribution in [0, 0.1) is 5.41 Å². The van der Waals surface area contributed by atoms with Gasteiger partial charge in [-0.25, -0.2) is 0 Å². The Kier molecular flexibility index (Phi) is 5.08. The summed E-state index contributed by atoms with van der Waals surface area (Å²) in [5.74, 6) is 0. The van der Waals surface area contributed by atoms with E-state index >= 15 is 0 Å². The summed E-state index contributed by atoms with van der Waals surface area (Å²) in [5, 5.41) is 14.5. The predicted molar refractivity (Wildman–Crippen MR) is 110 cm³/mol. The summed E-state index contributed by atoms with van der Waals surface area (Å²) in [7, 11) is 0. The number of nitrogens with zero attached hydrogens (tertiary/aromatic N) is 2. The van der Waals surface area contributed by atoms with Crippen molar-refractivity contribution in [2.75, 3.05) is 0 Å². The minimum Gasteiger partial charge on any atom is -0.310 e. The Morgan fingerprint density at radius 2 is 1.74 bits per heavy atom. The van der Waals surface area contributed by atoms with Crippen LogP contribution in [0.15, 0.2) is 54.7 Å². The lowest BCUT2D eigenvalue weighted by atomic mass is 9.75. The van der Waals surface area contributed by atoms with Crippen molar-refractivity contribution in [1.29, 1.82) is 0 Å². The van der Waals surface area contributed by atoms with Crippen LogP contribution in [-0.2, 0) is 6.54 Å². The third-order valence-corrected chi connectivity index (χ3v) is 5.79. The molecule has 0 amide bonds. The lowest BCUT2D eigenvalue weighted by molar-refractivity contribution is 0.206. The Balaban J connectivity index is 1.39. The number of hydrogen-bond donors (Lipinski definition) is 2. The first-order chi connectivity index (χ1) is 13.1. The standard InChI is InChI=1S/C23H28N4/c1-23(2)12-10-21(11-13-23)24-15-17-6-8-18(9-7-17)19-4-3-5-20(14-19)22-16-25-27-26-22/h3-9,14,16,21,24H,10-13,15H2,1-2H3,(H,25,26,27). The van der Waals surface area contributed by atoms with Gasteiger partial charge in [-0.05, 0) is 53.9 Å². The summed E-state index contributed by atoms with van der Waals surface area (Å²) in [6, 6.07) is 18.0. The van der Waals surface area contributed by atoms with Crippen LogP contribution in [0.5, 0.6) is 0 Å². The van der Waals surface area contributed by atoms with E-state index in [-0.39, 0.29) is 0 Å². The fourth-order valence-corrected chi connectivity index (χ4v) is 3.88. The molecule has 1 saturated carbocycles. The average Bonchev–Trinajstić information content (AvgIpc) is 3.23. The fourth-order valence-electron chi connectivity index (χ4n) is 3.88. The summed E-state index contributed by atoms with van der Waals surface area (Å²) in [6.07, 6.45) is 6.98. The number of benzene rings is 2. The van der Waals surface area contributed by atoms with Crippen LogP contribution < -0.4 is 5.32 Å². The molecule has 0 radical (unpaired) electrons. The SMILES string of the molecule is CC1(C)CCC(NCc2ccc(-c3cccc(-c4cn[nH]n4)c3)cc2)CC1. The second-order valence-electron chi connectivity index (χ2n) is 8.45. The maximum absolute atomic E-state index is 4.17. The molecule has 1 aromatic heterocycles. The topological polar surface area (TPSA) is 53.6 Å². The Labute approximate surface area is 161 Å². The molecule has 2 N–H and O–H groups in total. The molecule has 4 rings (SSSR count). The number of hydrogen-bond acceptors (Lipinski definition) is 3. The van der Waals surface area contributed by atoms with Crippen molar-refractivity contribution in [3.8, 4) is 22.4 Å². The number of aromatic nitrogens is 3. The van der Waals surface area contributed by atoms with E-state index in [1.54, 1.807) is 6.20 Å². The lowest BCUT2D eigenvalue weighted by Crippen LogP contribution is -2.35. The van der Waals surface area contributed by atoms with Crippen molar-refractivity contribution in [1.82, 2.24) is 20.7 Å². The molecule has 0 spiro atoms. The van der Waals surface area contributed by atoms with Crippen molar-refractivity contribution in [2.45, 2.75) is 52.1 Å². The first-order valence-corrected chi connectivity index (χ1v) is 9.88. The first-order valence-electron chi connectivity index (χ1n) is 9.88. The molecule has 27 heavy (non-hydrogen) atoms. The van der Waals surface area contributed by atoms with Crippen molar-refractivity contribution < 1.29 is 0 Å². The van der Waals surface area contributed by atoms with Gasteiger partial charge < -0.3 is 5.32 Å². The highest BCUT2D eigenvalue weighted by Crippen LogP contribution is 2.35. The molecule has 4 nitrogen and oxygen atoms in total. The number of nitrogens with one attached hydrogen (secondary N) is 2. The molecule has 1 heterocycles. The molecule has 1 aliphatic rings. The molecule has 0 bridgehead atoms. The Morgan fingerprint density at radius 3 is 2.44 bits per heavy atom. The molecule has 3 aromatic rings. The minimum atomic E-state index is 0.528. The van der Waals surface area contributed by atoms with E-state index in [2.05, 4.69) is 83.1 Å². The lowest BCUT2D eigenvalue weighted by Gasteiger charge is -2.34. The fraction of sp³-hybridized carbons (Fsp3) is 0.391. The molecular weight excluding hydrogens is 332 g/mol. The number of H-pyrrole nitrogens is 1. The van der Waals surface area contributed by atoms with Gasteiger partial charge >= 0.3 is 0 Å². The molecule has 0 saturated heterocycles. The molecule has 140 valence electrons. The highest BCUT2D eigenvalue weighted by molar-refractivity contribution is 5.71. The zero-order valence-electron chi connectivity index (χ0n) is 16.2. The molecule has 4 heteroatoms. The second kappa shape index (κ2) is 7.65. The van der Waals surface area contributed by atoms with Gasteiger partial charge in [0.05, 0.1) is 6.20 Å². The highest BCUT2D eigenvalue weighted by atomic mass is 15.3. The van der Waals surface area contributed by atoms with Crippen LogP contribution in [-0.4, -0.2) is 21.5 Å². The van der Waals surface area contributed by atoms with Gasteiger partial charge in [-0.2, -0.15) is 15.4 Å². The summed E-state index contributed by atoms with van der Waals surface area (Å²) in [4.78, 5) is 0. The molecule has 1 aliphatic carbocycles. The molecule has 1 fully saturated rings. The summed E-state index contributed by atoms with van der Waals surface area (Å²) in [6.45, 7) is 5.73. The maximum Gasteiger partial charge on any atom is 0.112 e. The normalized spacial score (nSPS) is 17.1. The van der Waals surface area contributed by atoms with Crippen LogP contribution in [0.2, 0.25) is 0 Å². The van der Waals surface area contributed by atoms with E-state index in [9.17, 15) is 0 Å². The van der Waals surface area contributed by atoms with E-state index in [1.807, 2.05) is 0 Å². The third-order valence-electron chi connectivity index (χ3n) is 5.79. The molecular formula is C23H28N4. The van der Waals surface area contributed by atoms with Gasteiger partial charge in [0, 0.05) is 18.2 Å². The average molecular weight is 361 g/mol. The second-order valence-corrected chi connectivity index (χ2v) is 8.45. The predicted octanol–water partition coefficient (Wildman–Crippen LogP) is 5.20. The smallest absolute Gasteiger partial charge is 0.112 e. The molecule has 2 aromatic carbocycles. The minimum absolute atomic E-state index is 0.528. The Bertz CT molecular complexity index is 856. The van der Waals surface area contributed by atoms with Gasteiger partial charge in [0.2, 0.25) is 0 Å². The first kappa shape index (κ1) is 17.9. The van der Waals surface area contributed by atoms with Gasteiger partial charge in [0.15, 0.2) is 0 Å². The van der Waals surface area contributed by atoms with Crippen LogP contribution in [0.25, 0.3) is 22.4 Å². The van der Waals surface area contributed by atoms with Gasteiger partial charge in [-0.1, -0.05) is 56.3 Å². The van der Waals surface area contributed by atoms with E-state index in [4.69, 9.17) is 0 Å². The quantitative estimate of drug-likeness (QED) is 0.658. The Hall–Kier alpha value is -2.46. The Morgan fingerprint density at radius 1 is 1.00 bits per heavy atom. The summed E-state index contributed by atoms with van der Waals surface area (Å²) in [5.41, 5.74) is 6.24. The van der Waals surface area contributed by atoms with E-state index < -0.39 is 0 Å². The zero-order valence-corrected chi connectivity index (χ0v) is 16.2. The van der Waals surface area contributed by atoms with Gasteiger partial charge in [0.1, 0.15) is 5.69 Å². The van der Waals surface area contributed by atoms with Crippen LogP contribution in [0.4, 0.5) is 0 Å². The largest absolute Gasteiger partial charge is 0.310 e. The van der Waals surface area contributed by atoms with Gasteiger partial charge in [-0.15, -0.1) is 0 Å². The van der Waals surface area contributed by atoms with Crippen LogP contribution in [0.1, 0.15) is 45.1 Å². The maximum atomic E-state index is 4.17. The van der Waals surface area contributed by atoms with Crippen molar-refractivity contribution >= 4 is 0 Å². The van der Waals surface area contributed by atoms with Gasteiger partial charge in [0.25, 0.3) is 0 Å². The monoisotopic (exact) mass is 360 g/mol. The summed E-state index contributed by atoms with van der Waals surface area (Å²) >= 11 is 0. The number of rotatable bonds is 5. The zero-order chi connectivity index (χ0) is 18.7. The van der Waals surface area contributed by atoms with Crippen molar-refractivity contribution in [2.24, 2.45) is 5.41 Å². The van der Waals surface area contributed by atoms with Crippen LogP contribution in [0.3, 0.4) is 0 Å². The third kappa shape index (κ3) is 4.45. The van der Waals surface area contributed by atoms with Crippen LogP contribution >= 0.6 is 0 Å². The molecule has 0 atom stereocenters.